The van der Waals surface area contributed by atoms with E-state index in [-0.39, 0.29) is 0 Å². The van der Waals surface area contributed by atoms with Crippen LogP contribution in [0.1, 0.15) is 6.92 Å². The molecule has 1 atom stereocenters. The second kappa shape index (κ2) is 4.16. The van der Waals surface area contributed by atoms with Crippen LogP contribution in [0.4, 0.5) is 0 Å². The topological polar surface area (TPSA) is 8.17 Å². The monoisotopic (exact) mass is 250 g/mol. The number of hydrogen-bond acceptors (Lipinski definition) is 1. The Morgan fingerprint density at radius 2 is 1.89 bits per heavy atom. The zero-order chi connectivity index (χ0) is 13.6. The number of hydrogen-bond donors (Lipinski definition) is 0. The van der Waals surface area contributed by atoms with Crippen LogP contribution >= 0.6 is 0 Å². The van der Waals surface area contributed by atoms with E-state index < -0.39 is 0 Å². The molecule has 2 bridgehead atoms. The molecule has 1 aromatic carbocycles. The number of likely N-dealkylation sites (N-methyl/N-ethyl adjacent to an activating group) is 1. The minimum Gasteiger partial charge on any atom is -0.355 e. The predicted molar refractivity (Wildman–Crippen MR) is 82.9 cm³/mol. The van der Waals surface area contributed by atoms with Gasteiger partial charge in [0.2, 0.25) is 0 Å². The fourth-order valence-corrected chi connectivity index (χ4v) is 2.63. The lowest BCUT2D eigenvalue weighted by atomic mass is 10.2. The number of para-hydroxylation sites is 1. The molecule has 1 aliphatic heterocycles. The Bertz CT molecular complexity index is 793. The molecule has 2 nitrogen and oxygen atoms in total. The van der Waals surface area contributed by atoms with Gasteiger partial charge in [-0.2, -0.15) is 0 Å². The van der Waals surface area contributed by atoms with Gasteiger partial charge in [0.1, 0.15) is 5.82 Å². The van der Waals surface area contributed by atoms with Crippen molar-refractivity contribution in [3.63, 3.8) is 0 Å². The summed E-state index contributed by atoms with van der Waals surface area (Å²) in [6.07, 6.45) is 6.43. The zero-order valence-corrected chi connectivity index (χ0v) is 11.4. The van der Waals surface area contributed by atoms with Crippen molar-refractivity contribution < 1.29 is 0 Å². The van der Waals surface area contributed by atoms with Gasteiger partial charge in [0.25, 0.3) is 0 Å². The van der Waals surface area contributed by atoms with E-state index in [1.165, 1.54) is 10.6 Å². The molecule has 1 unspecified atom stereocenters. The molecular weight excluding hydrogens is 232 g/mol. The number of benzene rings is 1. The molecule has 2 aromatic rings. The van der Waals surface area contributed by atoms with Crippen molar-refractivity contribution in [2.24, 2.45) is 0 Å². The van der Waals surface area contributed by atoms with Crippen LogP contribution in [-0.4, -0.2) is 22.6 Å². The van der Waals surface area contributed by atoms with E-state index in [0.29, 0.717) is 6.04 Å². The van der Waals surface area contributed by atoms with Crippen molar-refractivity contribution in [1.29, 1.82) is 0 Å². The summed E-state index contributed by atoms with van der Waals surface area (Å²) >= 11 is 0. The van der Waals surface area contributed by atoms with Crippen molar-refractivity contribution in [2.75, 3.05) is 7.05 Å². The number of nitrogens with zero attached hydrogens (tertiary/aromatic N) is 2. The molecule has 19 heavy (non-hydrogen) atoms. The molecule has 0 aliphatic carbocycles. The van der Waals surface area contributed by atoms with Gasteiger partial charge in [0.15, 0.2) is 0 Å². The fraction of sp³-hybridized carbons (Fsp3) is 0.176. The third-order valence-corrected chi connectivity index (χ3v) is 3.94. The van der Waals surface area contributed by atoms with Gasteiger partial charge in [0.05, 0.1) is 5.52 Å². The van der Waals surface area contributed by atoms with Gasteiger partial charge in [-0.3, -0.25) is 4.57 Å². The van der Waals surface area contributed by atoms with Crippen LogP contribution in [0.15, 0.2) is 43.0 Å². The molecule has 0 saturated heterocycles. The van der Waals surface area contributed by atoms with Gasteiger partial charge in [0, 0.05) is 29.0 Å². The molecule has 0 N–H and O–H groups in total. The first-order valence-electron chi connectivity index (χ1n) is 6.50. The normalized spacial score (nSPS) is 22.4. The van der Waals surface area contributed by atoms with E-state index in [1.807, 2.05) is 0 Å². The number of allylic oxidation sites excluding steroid dienone is 1. The lowest BCUT2D eigenvalue weighted by Gasteiger charge is -2.27. The van der Waals surface area contributed by atoms with Gasteiger partial charge in [-0.15, -0.1) is 0 Å². The predicted octanol–water partition coefficient (Wildman–Crippen LogP) is 2.15. The molecule has 96 valence electrons. The number of fused-ring (bicyclic) bond motifs is 5. The van der Waals surface area contributed by atoms with Crippen LogP contribution in [0.25, 0.3) is 29.4 Å². The number of aromatic nitrogens is 1. The van der Waals surface area contributed by atoms with Crippen molar-refractivity contribution in [1.82, 2.24) is 9.47 Å². The van der Waals surface area contributed by atoms with E-state index in [9.17, 15) is 0 Å². The molecule has 0 spiro atoms. The Hall–Kier alpha value is -2.22. The average molecular weight is 250 g/mol. The molecule has 0 fully saturated rings. The quantitative estimate of drug-likeness (QED) is 0.695. The van der Waals surface area contributed by atoms with E-state index in [1.54, 1.807) is 0 Å². The number of rotatable bonds is 0. The highest BCUT2D eigenvalue weighted by atomic mass is 15.3. The van der Waals surface area contributed by atoms with E-state index in [2.05, 4.69) is 79.1 Å². The highest BCUT2D eigenvalue weighted by molar-refractivity contribution is 5.85. The van der Waals surface area contributed by atoms with Crippen molar-refractivity contribution >= 4 is 29.4 Å². The maximum atomic E-state index is 4.25. The Balaban J connectivity index is 2.50. The minimum atomic E-state index is 0.309. The van der Waals surface area contributed by atoms with Crippen LogP contribution in [0.2, 0.25) is 0 Å². The molecule has 3 rings (SSSR count). The highest BCUT2D eigenvalue weighted by Crippen LogP contribution is 2.17. The Labute approximate surface area is 113 Å². The van der Waals surface area contributed by atoms with Crippen LogP contribution in [0, 0.1) is 0 Å². The SMILES string of the molecule is C=C1N(C)C(C)/C=C\C=c2/c(=C)n1c1ccccc21. The summed E-state index contributed by atoms with van der Waals surface area (Å²) in [6.45, 7) is 10.7. The molecule has 2 heteroatoms. The summed E-state index contributed by atoms with van der Waals surface area (Å²) < 4.78 is 2.14. The Morgan fingerprint density at radius 3 is 2.68 bits per heavy atom. The van der Waals surface area contributed by atoms with Crippen LogP contribution in [-0.2, 0) is 0 Å². The molecule has 0 radical (unpaired) electrons. The standard InChI is InChI=1S/C17H18N2/c1-12-8-7-10-15-13(2)19(14(3)18(12)4)17-11-6-5-9-16(15)17/h5-12H,2-3H2,1,4H3/b8-7-,15-10+. The van der Waals surface area contributed by atoms with Gasteiger partial charge < -0.3 is 4.90 Å². The van der Waals surface area contributed by atoms with Gasteiger partial charge in [-0.25, -0.2) is 0 Å². The summed E-state index contributed by atoms with van der Waals surface area (Å²) in [5.41, 5.74) is 1.16. The largest absolute Gasteiger partial charge is 0.355 e. The molecule has 0 amide bonds. The fourth-order valence-electron chi connectivity index (χ4n) is 2.63. The summed E-state index contributed by atoms with van der Waals surface area (Å²) in [5.74, 6) is 0.958. The molecule has 0 saturated carbocycles. The van der Waals surface area contributed by atoms with E-state index in [0.717, 1.165) is 16.7 Å². The first-order chi connectivity index (χ1) is 9.11. The zero-order valence-electron chi connectivity index (χ0n) is 11.4. The van der Waals surface area contributed by atoms with E-state index >= 15 is 0 Å². The third kappa shape index (κ3) is 1.64. The van der Waals surface area contributed by atoms with Crippen molar-refractivity contribution in [3.05, 3.63) is 53.6 Å². The Kier molecular flexibility index (Phi) is 2.59. The summed E-state index contributed by atoms with van der Waals surface area (Å²) in [7, 11) is 2.07. The summed E-state index contributed by atoms with van der Waals surface area (Å²) in [5, 5.41) is 3.40. The first-order valence-corrected chi connectivity index (χ1v) is 6.50. The molecule has 1 aliphatic rings. The maximum Gasteiger partial charge on any atom is 0.106 e. The second-order valence-electron chi connectivity index (χ2n) is 5.03. The third-order valence-electron chi connectivity index (χ3n) is 3.94. The summed E-state index contributed by atoms with van der Waals surface area (Å²) in [4.78, 5) is 2.17. The smallest absolute Gasteiger partial charge is 0.106 e. The van der Waals surface area contributed by atoms with Crippen LogP contribution in [0.3, 0.4) is 0 Å². The molecule has 1 aromatic heterocycles. The van der Waals surface area contributed by atoms with Gasteiger partial charge >= 0.3 is 0 Å². The average Bonchev–Trinajstić information content (AvgIpc) is 2.70. The highest BCUT2D eigenvalue weighted by Gasteiger charge is 2.15. The molecule has 2 heterocycles. The van der Waals surface area contributed by atoms with Gasteiger partial charge in [-0.1, -0.05) is 49.6 Å². The lowest BCUT2D eigenvalue weighted by Crippen LogP contribution is -2.33. The van der Waals surface area contributed by atoms with Crippen LogP contribution < -0.4 is 10.6 Å². The van der Waals surface area contributed by atoms with Gasteiger partial charge in [-0.05, 0) is 13.0 Å². The Morgan fingerprint density at radius 1 is 1.16 bits per heavy atom. The second-order valence-corrected chi connectivity index (χ2v) is 5.03. The first kappa shape index (κ1) is 11.8. The van der Waals surface area contributed by atoms with Crippen molar-refractivity contribution in [3.8, 4) is 0 Å². The minimum absolute atomic E-state index is 0.309. The van der Waals surface area contributed by atoms with Crippen molar-refractivity contribution in [2.45, 2.75) is 13.0 Å². The summed E-state index contributed by atoms with van der Waals surface area (Å²) in [6, 6.07) is 8.69. The van der Waals surface area contributed by atoms with E-state index in [4.69, 9.17) is 0 Å². The van der Waals surface area contributed by atoms with Crippen LogP contribution in [0.5, 0.6) is 0 Å². The lowest BCUT2D eigenvalue weighted by molar-refractivity contribution is 0.412. The maximum absolute atomic E-state index is 4.25. The molecular formula is C17H18N2.